The van der Waals surface area contributed by atoms with Crippen molar-refractivity contribution < 1.29 is 14.7 Å². The molecule has 0 aliphatic rings. The standard InChI is InChI=1S/C10H8ClIO3/c1-5(13)2-9(14)7-3-6(11)4-8(12)10(7)15/h3-4,15H,2H2,1H3. The molecule has 80 valence electrons. The third-order valence-corrected chi connectivity index (χ3v) is 2.78. The molecule has 0 radical (unpaired) electrons. The molecule has 0 saturated carbocycles. The molecule has 0 saturated heterocycles. The summed E-state index contributed by atoms with van der Waals surface area (Å²) in [6, 6.07) is 2.91. The van der Waals surface area contributed by atoms with E-state index >= 15 is 0 Å². The number of phenols is 1. The first-order valence-corrected chi connectivity index (χ1v) is 5.58. The number of rotatable bonds is 3. The van der Waals surface area contributed by atoms with E-state index in [2.05, 4.69) is 0 Å². The second-order valence-electron chi connectivity index (χ2n) is 3.09. The van der Waals surface area contributed by atoms with Gasteiger partial charge in [-0.3, -0.25) is 9.59 Å². The molecule has 0 atom stereocenters. The van der Waals surface area contributed by atoms with Gasteiger partial charge in [0, 0.05) is 5.02 Å². The van der Waals surface area contributed by atoms with E-state index in [1.54, 1.807) is 6.07 Å². The number of carbonyl (C=O) groups is 2. The molecule has 5 heteroatoms. The zero-order chi connectivity index (χ0) is 11.6. The number of hydrogen-bond donors (Lipinski definition) is 1. The van der Waals surface area contributed by atoms with E-state index in [4.69, 9.17) is 11.6 Å². The Morgan fingerprint density at radius 3 is 2.60 bits per heavy atom. The van der Waals surface area contributed by atoms with Crippen LogP contribution in [-0.2, 0) is 4.79 Å². The van der Waals surface area contributed by atoms with Crippen molar-refractivity contribution in [3.8, 4) is 5.75 Å². The second-order valence-corrected chi connectivity index (χ2v) is 4.68. The van der Waals surface area contributed by atoms with Crippen LogP contribution in [-0.4, -0.2) is 16.7 Å². The van der Waals surface area contributed by atoms with Crippen LogP contribution in [0.2, 0.25) is 5.02 Å². The Hall–Kier alpha value is -0.620. The molecular weight excluding hydrogens is 330 g/mol. The lowest BCUT2D eigenvalue weighted by Crippen LogP contribution is -2.05. The summed E-state index contributed by atoms with van der Waals surface area (Å²) < 4.78 is 0.493. The molecule has 0 amide bonds. The number of carbonyl (C=O) groups excluding carboxylic acids is 2. The molecule has 15 heavy (non-hydrogen) atoms. The summed E-state index contributed by atoms with van der Waals surface area (Å²) in [5.41, 5.74) is 0.0992. The molecular formula is C10H8ClIO3. The van der Waals surface area contributed by atoms with Crippen LogP contribution in [0.4, 0.5) is 0 Å². The van der Waals surface area contributed by atoms with E-state index < -0.39 is 5.78 Å². The van der Waals surface area contributed by atoms with Gasteiger partial charge in [0.1, 0.15) is 11.5 Å². The van der Waals surface area contributed by atoms with Gasteiger partial charge in [0.25, 0.3) is 0 Å². The Kier molecular flexibility index (Phi) is 4.10. The number of Topliss-reactive ketones (excluding diaryl/α,β-unsaturated/α-hetero) is 2. The van der Waals surface area contributed by atoms with Crippen LogP contribution >= 0.6 is 34.2 Å². The molecule has 0 aliphatic heterocycles. The van der Waals surface area contributed by atoms with Crippen LogP contribution in [0.15, 0.2) is 12.1 Å². The van der Waals surface area contributed by atoms with Crippen molar-refractivity contribution in [2.45, 2.75) is 13.3 Å². The molecule has 1 N–H and O–H groups in total. The maximum atomic E-state index is 11.5. The molecule has 1 aromatic carbocycles. The van der Waals surface area contributed by atoms with E-state index in [0.29, 0.717) is 8.59 Å². The molecule has 0 aliphatic carbocycles. The van der Waals surface area contributed by atoms with E-state index in [1.165, 1.54) is 13.0 Å². The smallest absolute Gasteiger partial charge is 0.174 e. The van der Waals surface area contributed by atoms with Gasteiger partial charge in [-0.05, 0) is 41.6 Å². The van der Waals surface area contributed by atoms with Crippen molar-refractivity contribution in [3.63, 3.8) is 0 Å². The summed E-state index contributed by atoms with van der Waals surface area (Å²) in [4.78, 5) is 22.3. The van der Waals surface area contributed by atoms with Gasteiger partial charge in [-0.15, -0.1) is 0 Å². The van der Waals surface area contributed by atoms with Crippen LogP contribution in [0.1, 0.15) is 23.7 Å². The third-order valence-electron chi connectivity index (χ3n) is 1.74. The van der Waals surface area contributed by atoms with Crippen LogP contribution in [0.3, 0.4) is 0 Å². The Balaban J connectivity index is 3.13. The van der Waals surface area contributed by atoms with Gasteiger partial charge in [0.15, 0.2) is 5.78 Å². The fourth-order valence-electron chi connectivity index (χ4n) is 1.10. The van der Waals surface area contributed by atoms with Gasteiger partial charge in [0.05, 0.1) is 15.6 Å². The third kappa shape index (κ3) is 3.17. The van der Waals surface area contributed by atoms with E-state index in [1.807, 2.05) is 22.6 Å². The highest BCUT2D eigenvalue weighted by molar-refractivity contribution is 14.1. The predicted molar refractivity (Wildman–Crippen MR) is 65.5 cm³/mol. The first kappa shape index (κ1) is 12.4. The number of hydrogen-bond acceptors (Lipinski definition) is 3. The van der Waals surface area contributed by atoms with E-state index in [9.17, 15) is 14.7 Å². The summed E-state index contributed by atoms with van der Waals surface area (Å²) >= 11 is 7.62. The maximum absolute atomic E-state index is 11.5. The quantitative estimate of drug-likeness (QED) is 0.524. The zero-order valence-electron chi connectivity index (χ0n) is 7.88. The minimum atomic E-state index is -0.416. The lowest BCUT2D eigenvalue weighted by molar-refractivity contribution is -0.116. The van der Waals surface area contributed by atoms with Crippen molar-refractivity contribution >= 4 is 45.8 Å². The first-order chi connectivity index (χ1) is 6.91. The monoisotopic (exact) mass is 338 g/mol. The van der Waals surface area contributed by atoms with E-state index in [0.717, 1.165) is 0 Å². The van der Waals surface area contributed by atoms with Gasteiger partial charge in [-0.1, -0.05) is 11.6 Å². The van der Waals surface area contributed by atoms with Crippen molar-refractivity contribution in [3.05, 3.63) is 26.3 Å². The minimum Gasteiger partial charge on any atom is -0.506 e. The minimum absolute atomic E-state index is 0.0992. The average molecular weight is 339 g/mol. The van der Waals surface area contributed by atoms with Gasteiger partial charge in [-0.25, -0.2) is 0 Å². The van der Waals surface area contributed by atoms with Gasteiger partial charge >= 0.3 is 0 Å². The van der Waals surface area contributed by atoms with Crippen LogP contribution in [0.5, 0.6) is 5.75 Å². The number of halogens is 2. The molecule has 0 heterocycles. The van der Waals surface area contributed by atoms with Crippen LogP contribution < -0.4 is 0 Å². The molecule has 0 aromatic heterocycles. The van der Waals surface area contributed by atoms with Crippen molar-refractivity contribution in [1.29, 1.82) is 0 Å². The lowest BCUT2D eigenvalue weighted by atomic mass is 10.1. The number of aromatic hydroxyl groups is 1. The predicted octanol–water partition coefficient (Wildman–Crippen LogP) is 2.81. The summed E-state index contributed by atoms with van der Waals surface area (Å²) in [5.74, 6) is -0.777. The Morgan fingerprint density at radius 1 is 1.47 bits per heavy atom. The number of ketones is 2. The molecule has 3 nitrogen and oxygen atoms in total. The highest BCUT2D eigenvalue weighted by Crippen LogP contribution is 2.29. The van der Waals surface area contributed by atoms with Gasteiger partial charge in [-0.2, -0.15) is 0 Å². The highest BCUT2D eigenvalue weighted by Gasteiger charge is 2.16. The SMILES string of the molecule is CC(=O)CC(=O)c1cc(Cl)cc(I)c1O. The van der Waals surface area contributed by atoms with Gasteiger partial charge in [0.2, 0.25) is 0 Å². The van der Waals surface area contributed by atoms with Gasteiger partial charge < -0.3 is 5.11 Å². The summed E-state index contributed by atoms with van der Waals surface area (Å²) in [5, 5.41) is 9.97. The Bertz CT molecular complexity index is 429. The molecule has 0 spiro atoms. The number of phenolic OH excluding ortho intramolecular Hbond substituents is 1. The Labute approximate surface area is 106 Å². The maximum Gasteiger partial charge on any atom is 0.174 e. The molecule has 1 rings (SSSR count). The first-order valence-electron chi connectivity index (χ1n) is 4.12. The number of benzene rings is 1. The van der Waals surface area contributed by atoms with Crippen molar-refractivity contribution in [2.24, 2.45) is 0 Å². The summed E-state index contributed by atoms with van der Waals surface area (Å²) in [7, 11) is 0. The largest absolute Gasteiger partial charge is 0.506 e. The average Bonchev–Trinajstić information content (AvgIpc) is 2.09. The second kappa shape index (κ2) is 4.94. The topological polar surface area (TPSA) is 54.4 Å². The lowest BCUT2D eigenvalue weighted by Gasteiger charge is -2.05. The fraction of sp³-hybridized carbons (Fsp3) is 0.200. The van der Waals surface area contributed by atoms with Crippen LogP contribution in [0.25, 0.3) is 0 Å². The summed E-state index contributed by atoms with van der Waals surface area (Å²) in [6.07, 6.45) is -0.218. The van der Waals surface area contributed by atoms with Crippen molar-refractivity contribution in [1.82, 2.24) is 0 Å². The Morgan fingerprint density at radius 2 is 2.07 bits per heavy atom. The van der Waals surface area contributed by atoms with E-state index in [-0.39, 0.29) is 23.5 Å². The molecule has 0 bridgehead atoms. The normalized spacial score (nSPS) is 10.1. The van der Waals surface area contributed by atoms with Crippen molar-refractivity contribution in [2.75, 3.05) is 0 Å². The summed E-state index contributed by atoms with van der Waals surface area (Å²) in [6.45, 7) is 1.32. The zero-order valence-corrected chi connectivity index (χ0v) is 10.8. The fourth-order valence-corrected chi connectivity index (χ4v) is 2.13. The molecule has 0 unspecified atom stereocenters. The highest BCUT2D eigenvalue weighted by atomic mass is 127. The molecule has 1 aromatic rings. The molecule has 0 fully saturated rings. The van der Waals surface area contributed by atoms with Crippen LogP contribution in [0, 0.1) is 3.57 Å².